The lowest BCUT2D eigenvalue weighted by Gasteiger charge is -2.08. The fourth-order valence-corrected chi connectivity index (χ4v) is 3.49. The third kappa shape index (κ3) is 6.32. The maximum Gasteiger partial charge on any atom is 0.240 e. The first-order chi connectivity index (χ1) is 11.9. The molecule has 0 saturated carbocycles. The summed E-state index contributed by atoms with van der Waals surface area (Å²) in [6.45, 7) is 3.87. The average Bonchev–Trinajstić information content (AvgIpc) is 2.56. The Hall–Kier alpha value is -2.18. The third-order valence-corrected chi connectivity index (χ3v) is 5.27. The van der Waals surface area contributed by atoms with Gasteiger partial charge in [0.15, 0.2) is 0 Å². The largest absolute Gasteiger partial charge is 0.326 e. The fourth-order valence-electron chi connectivity index (χ4n) is 2.42. The van der Waals surface area contributed by atoms with Crippen molar-refractivity contribution in [2.24, 2.45) is 0 Å². The maximum absolute atomic E-state index is 12.2. The van der Waals surface area contributed by atoms with Gasteiger partial charge in [-0.1, -0.05) is 29.8 Å². The summed E-state index contributed by atoms with van der Waals surface area (Å²) in [6.07, 6.45) is 2.64. The lowest BCUT2D eigenvalue weighted by Crippen LogP contribution is -2.24. The van der Waals surface area contributed by atoms with Crippen LogP contribution in [0, 0.1) is 6.92 Å². The molecule has 0 atom stereocenters. The van der Waals surface area contributed by atoms with Crippen LogP contribution in [0.1, 0.15) is 30.9 Å². The predicted molar refractivity (Wildman–Crippen MR) is 100 cm³/mol. The summed E-state index contributed by atoms with van der Waals surface area (Å²) >= 11 is 0. The van der Waals surface area contributed by atoms with Gasteiger partial charge in [0.2, 0.25) is 15.9 Å². The van der Waals surface area contributed by atoms with Gasteiger partial charge in [-0.2, -0.15) is 0 Å². The van der Waals surface area contributed by atoms with Crippen LogP contribution in [0.2, 0.25) is 0 Å². The first-order valence-corrected chi connectivity index (χ1v) is 9.78. The first-order valence-electron chi connectivity index (χ1n) is 8.30. The minimum Gasteiger partial charge on any atom is -0.326 e. The number of sulfonamides is 1. The van der Waals surface area contributed by atoms with E-state index in [1.54, 1.807) is 12.1 Å². The molecule has 0 aliphatic carbocycles. The van der Waals surface area contributed by atoms with Crippen molar-refractivity contribution in [2.75, 3.05) is 11.9 Å². The number of aryl methyl sites for hydroxylation is 2. The number of carbonyl (C=O) groups excluding carboxylic acids is 1. The van der Waals surface area contributed by atoms with Crippen LogP contribution in [-0.4, -0.2) is 20.9 Å². The quantitative estimate of drug-likeness (QED) is 0.710. The predicted octanol–water partition coefficient (Wildman–Crippen LogP) is 3.25. The summed E-state index contributed by atoms with van der Waals surface area (Å²) in [7, 11) is -3.52. The summed E-state index contributed by atoms with van der Waals surface area (Å²) in [5.41, 5.74) is 3.08. The Morgan fingerprint density at radius 2 is 1.60 bits per heavy atom. The van der Waals surface area contributed by atoms with Gasteiger partial charge < -0.3 is 5.32 Å². The van der Waals surface area contributed by atoms with Crippen LogP contribution in [0.25, 0.3) is 0 Å². The summed E-state index contributed by atoms with van der Waals surface area (Å²) in [5, 5.41) is 2.61. The SMILES string of the molecule is CC(=O)Nc1ccc(S(=O)(=O)NCCCCc2ccc(C)cc2)cc1. The molecule has 6 heteroatoms. The summed E-state index contributed by atoms with van der Waals surface area (Å²) < 4.78 is 27.1. The molecule has 0 radical (unpaired) electrons. The number of hydrogen-bond acceptors (Lipinski definition) is 3. The highest BCUT2D eigenvalue weighted by Crippen LogP contribution is 2.14. The highest BCUT2D eigenvalue weighted by Gasteiger charge is 2.13. The van der Waals surface area contributed by atoms with Gasteiger partial charge in [-0.05, 0) is 56.0 Å². The van der Waals surface area contributed by atoms with Crippen LogP contribution >= 0.6 is 0 Å². The highest BCUT2D eigenvalue weighted by atomic mass is 32.2. The summed E-state index contributed by atoms with van der Waals surface area (Å²) in [6, 6.07) is 14.5. The van der Waals surface area contributed by atoms with Crippen LogP contribution in [0.4, 0.5) is 5.69 Å². The highest BCUT2D eigenvalue weighted by molar-refractivity contribution is 7.89. The fraction of sp³-hybridized carbons (Fsp3) is 0.316. The molecule has 0 heterocycles. The maximum atomic E-state index is 12.2. The van der Waals surface area contributed by atoms with Crippen molar-refractivity contribution < 1.29 is 13.2 Å². The smallest absolute Gasteiger partial charge is 0.240 e. The topological polar surface area (TPSA) is 75.3 Å². The molecule has 2 aromatic carbocycles. The number of benzene rings is 2. The molecule has 0 aliphatic heterocycles. The monoisotopic (exact) mass is 360 g/mol. The van der Waals surface area contributed by atoms with E-state index in [4.69, 9.17) is 0 Å². The van der Waals surface area contributed by atoms with Gasteiger partial charge in [0.05, 0.1) is 4.90 Å². The summed E-state index contributed by atoms with van der Waals surface area (Å²) in [4.78, 5) is 11.2. The normalized spacial score (nSPS) is 11.3. The Balaban J connectivity index is 1.78. The van der Waals surface area contributed by atoms with Crippen LogP contribution in [0.5, 0.6) is 0 Å². The van der Waals surface area contributed by atoms with Crippen LogP contribution in [0.3, 0.4) is 0 Å². The number of unbranched alkanes of at least 4 members (excludes halogenated alkanes) is 1. The van der Waals surface area contributed by atoms with Gasteiger partial charge in [0, 0.05) is 19.2 Å². The Labute approximate surface area is 149 Å². The third-order valence-electron chi connectivity index (χ3n) is 3.79. The Bertz CT molecular complexity index is 798. The molecule has 134 valence electrons. The number of rotatable bonds is 8. The van der Waals surface area contributed by atoms with Crippen LogP contribution in [-0.2, 0) is 21.2 Å². The standard InChI is InChI=1S/C19H24N2O3S/c1-15-6-8-17(9-7-15)5-3-4-14-20-25(23,24)19-12-10-18(11-13-19)21-16(2)22/h6-13,20H,3-5,14H2,1-2H3,(H,21,22). The van der Waals surface area contributed by atoms with E-state index in [2.05, 4.69) is 41.2 Å². The molecule has 0 saturated heterocycles. The second kappa shape index (κ2) is 8.78. The van der Waals surface area contributed by atoms with E-state index in [1.807, 2.05) is 0 Å². The van der Waals surface area contributed by atoms with Gasteiger partial charge in [-0.15, -0.1) is 0 Å². The van der Waals surface area contributed by atoms with E-state index in [0.29, 0.717) is 12.2 Å². The molecule has 2 N–H and O–H groups in total. The van der Waals surface area contributed by atoms with Crippen molar-refractivity contribution in [1.82, 2.24) is 4.72 Å². The Morgan fingerprint density at radius 3 is 2.20 bits per heavy atom. The van der Waals surface area contributed by atoms with Gasteiger partial charge >= 0.3 is 0 Å². The molecule has 2 aromatic rings. The molecule has 0 aliphatic rings. The van der Waals surface area contributed by atoms with Crippen LogP contribution < -0.4 is 10.0 Å². The Morgan fingerprint density at radius 1 is 0.960 bits per heavy atom. The molecule has 0 spiro atoms. The first kappa shape index (κ1) is 19.1. The van der Waals surface area contributed by atoms with Crippen molar-refractivity contribution in [3.05, 3.63) is 59.7 Å². The molecule has 0 bridgehead atoms. The van der Waals surface area contributed by atoms with Crippen molar-refractivity contribution >= 4 is 21.6 Å². The zero-order chi connectivity index (χ0) is 18.3. The number of anilines is 1. The van der Waals surface area contributed by atoms with E-state index in [9.17, 15) is 13.2 Å². The lowest BCUT2D eigenvalue weighted by atomic mass is 10.1. The molecule has 25 heavy (non-hydrogen) atoms. The molecular formula is C19H24N2O3S. The second-order valence-corrected chi connectivity index (χ2v) is 7.81. The van der Waals surface area contributed by atoms with Gasteiger partial charge in [0.1, 0.15) is 0 Å². The molecule has 0 aromatic heterocycles. The van der Waals surface area contributed by atoms with Gasteiger partial charge in [-0.25, -0.2) is 13.1 Å². The van der Waals surface area contributed by atoms with Crippen molar-refractivity contribution in [2.45, 2.75) is 38.0 Å². The number of amides is 1. The molecular weight excluding hydrogens is 336 g/mol. The van der Waals surface area contributed by atoms with E-state index in [0.717, 1.165) is 19.3 Å². The van der Waals surface area contributed by atoms with Crippen molar-refractivity contribution in [3.63, 3.8) is 0 Å². The molecule has 2 rings (SSSR count). The zero-order valence-electron chi connectivity index (χ0n) is 14.6. The summed E-state index contributed by atoms with van der Waals surface area (Å²) in [5.74, 6) is -0.192. The van der Waals surface area contributed by atoms with Crippen molar-refractivity contribution in [3.8, 4) is 0 Å². The molecule has 5 nitrogen and oxygen atoms in total. The zero-order valence-corrected chi connectivity index (χ0v) is 15.4. The average molecular weight is 360 g/mol. The number of hydrogen-bond donors (Lipinski definition) is 2. The Kier molecular flexibility index (Phi) is 6.73. The van der Waals surface area contributed by atoms with Crippen molar-refractivity contribution in [1.29, 1.82) is 0 Å². The minimum absolute atomic E-state index is 0.192. The van der Waals surface area contributed by atoms with Gasteiger partial charge in [0.25, 0.3) is 0 Å². The minimum atomic E-state index is -3.52. The lowest BCUT2D eigenvalue weighted by molar-refractivity contribution is -0.114. The molecule has 0 fully saturated rings. The number of carbonyl (C=O) groups is 1. The molecule has 1 amide bonds. The van der Waals surface area contributed by atoms with Gasteiger partial charge in [-0.3, -0.25) is 4.79 Å². The number of nitrogens with one attached hydrogen (secondary N) is 2. The van der Waals surface area contributed by atoms with E-state index in [1.165, 1.54) is 30.2 Å². The second-order valence-electron chi connectivity index (χ2n) is 6.05. The van der Waals surface area contributed by atoms with E-state index in [-0.39, 0.29) is 10.8 Å². The van der Waals surface area contributed by atoms with E-state index < -0.39 is 10.0 Å². The van der Waals surface area contributed by atoms with E-state index >= 15 is 0 Å². The molecule has 0 unspecified atom stereocenters. The van der Waals surface area contributed by atoms with Crippen LogP contribution in [0.15, 0.2) is 53.4 Å².